The summed E-state index contributed by atoms with van der Waals surface area (Å²) >= 11 is 12.3. The second-order valence-corrected chi connectivity index (χ2v) is 8.18. The topological polar surface area (TPSA) is 64.6 Å². The number of hydrogen-bond acceptors (Lipinski definition) is 4. The van der Waals surface area contributed by atoms with Gasteiger partial charge < -0.3 is 14.8 Å². The summed E-state index contributed by atoms with van der Waals surface area (Å²) in [6.07, 6.45) is 2.87. The van der Waals surface area contributed by atoms with E-state index in [0.717, 1.165) is 16.7 Å². The molecule has 0 aliphatic carbocycles. The van der Waals surface area contributed by atoms with Crippen LogP contribution in [0.3, 0.4) is 0 Å². The van der Waals surface area contributed by atoms with Crippen LogP contribution in [-0.4, -0.2) is 18.5 Å². The average Bonchev–Trinajstić information content (AvgIpc) is 2.79. The van der Waals surface area contributed by atoms with E-state index in [4.69, 9.17) is 32.7 Å². The minimum atomic E-state index is -0.611. The van der Waals surface area contributed by atoms with Gasteiger partial charge in [-0.3, -0.25) is 4.79 Å². The maximum absolute atomic E-state index is 12.1. The van der Waals surface area contributed by atoms with E-state index < -0.39 is 11.9 Å². The van der Waals surface area contributed by atoms with Crippen LogP contribution in [0.4, 0.5) is 5.69 Å². The number of aryl methyl sites for hydroxylation is 2. The van der Waals surface area contributed by atoms with Crippen molar-refractivity contribution < 1.29 is 19.1 Å². The number of hydrogen-bond donors (Lipinski definition) is 1. The molecule has 0 aromatic heterocycles. The van der Waals surface area contributed by atoms with Crippen molar-refractivity contribution >= 4 is 46.8 Å². The summed E-state index contributed by atoms with van der Waals surface area (Å²) < 4.78 is 10.7. The highest BCUT2D eigenvalue weighted by Crippen LogP contribution is 2.26. The van der Waals surface area contributed by atoms with Gasteiger partial charge in [0.1, 0.15) is 12.4 Å². The molecule has 170 valence electrons. The first-order chi connectivity index (χ1) is 15.8. The van der Waals surface area contributed by atoms with Crippen LogP contribution in [0.1, 0.15) is 22.3 Å². The Balaban J connectivity index is 1.46. The second kappa shape index (κ2) is 11.5. The smallest absolute Gasteiger partial charge is 0.331 e. The first kappa shape index (κ1) is 24.4. The molecule has 1 N–H and O–H groups in total. The Kier molecular flexibility index (Phi) is 8.52. The summed E-state index contributed by atoms with van der Waals surface area (Å²) in [5.74, 6) is -0.376. The van der Waals surface area contributed by atoms with Gasteiger partial charge in [-0.1, -0.05) is 53.5 Å². The Morgan fingerprint density at radius 3 is 2.36 bits per heavy atom. The third kappa shape index (κ3) is 7.38. The number of carbonyl (C=O) groups excluding carboxylic acids is 2. The van der Waals surface area contributed by atoms with E-state index in [-0.39, 0.29) is 13.2 Å². The van der Waals surface area contributed by atoms with Crippen molar-refractivity contribution in [2.45, 2.75) is 20.5 Å². The summed E-state index contributed by atoms with van der Waals surface area (Å²) in [7, 11) is 0. The van der Waals surface area contributed by atoms with Crippen molar-refractivity contribution in [3.63, 3.8) is 0 Å². The predicted octanol–water partition coefficient (Wildman–Crippen LogP) is 6.38. The fraction of sp³-hybridized carbons (Fsp3) is 0.154. The summed E-state index contributed by atoms with van der Waals surface area (Å²) in [4.78, 5) is 24.0. The Bertz CT molecular complexity index is 1150. The number of nitrogens with one attached hydrogen (secondary N) is 1. The molecule has 0 radical (unpaired) electrons. The molecule has 0 aliphatic heterocycles. The van der Waals surface area contributed by atoms with Crippen LogP contribution < -0.4 is 10.1 Å². The second-order valence-electron chi connectivity index (χ2n) is 7.37. The summed E-state index contributed by atoms with van der Waals surface area (Å²) in [6.45, 7) is 3.71. The number of rotatable bonds is 8. The molecule has 0 heterocycles. The number of anilines is 1. The van der Waals surface area contributed by atoms with E-state index in [1.807, 2.05) is 32.0 Å². The monoisotopic (exact) mass is 483 g/mol. The quantitative estimate of drug-likeness (QED) is 0.298. The molecule has 0 saturated heterocycles. The van der Waals surface area contributed by atoms with Crippen molar-refractivity contribution in [2.75, 3.05) is 11.9 Å². The molecule has 5 nitrogen and oxygen atoms in total. The normalized spacial score (nSPS) is 10.8. The minimum Gasteiger partial charge on any atom is -0.489 e. The number of ether oxygens (including phenoxy) is 2. The van der Waals surface area contributed by atoms with Crippen LogP contribution in [0.5, 0.6) is 5.75 Å². The minimum absolute atomic E-state index is 0.240. The van der Waals surface area contributed by atoms with Crippen molar-refractivity contribution in [3.05, 3.63) is 99.0 Å². The standard InChI is InChI=1S/C26H23Cl2NO4/c1-17-6-7-18(2)24(14-17)29-25(30)16-33-26(31)13-10-19-8-11-20(12-9-19)32-15-21-22(27)4-3-5-23(21)28/h3-14H,15-16H2,1-2H3,(H,29,30). The third-order valence-corrected chi connectivity index (χ3v) is 5.46. The van der Waals surface area contributed by atoms with Gasteiger partial charge in [-0.25, -0.2) is 4.79 Å². The SMILES string of the molecule is Cc1ccc(C)c(NC(=O)COC(=O)C=Cc2ccc(OCc3c(Cl)cccc3Cl)cc2)c1. The van der Waals surface area contributed by atoms with Gasteiger partial charge in [-0.15, -0.1) is 0 Å². The Morgan fingerprint density at radius 1 is 0.970 bits per heavy atom. The first-order valence-electron chi connectivity index (χ1n) is 10.2. The van der Waals surface area contributed by atoms with E-state index in [2.05, 4.69) is 5.32 Å². The molecule has 3 rings (SSSR count). The number of carbonyl (C=O) groups is 2. The van der Waals surface area contributed by atoms with Crippen LogP contribution >= 0.6 is 23.2 Å². The fourth-order valence-electron chi connectivity index (χ4n) is 2.91. The molecule has 0 aliphatic rings. The molecular weight excluding hydrogens is 461 g/mol. The average molecular weight is 484 g/mol. The zero-order valence-electron chi connectivity index (χ0n) is 18.2. The molecule has 7 heteroatoms. The Morgan fingerprint density at radius 2 is 1.67 bits per heavy atom. The van der Waals surface area contributed by atoms with Crippen molar-refractivity contribution in [1.29, 1.82) is 0 Å². The van der Waals surface area contributed by atoms with E-state index >= 15 is 0 Å². The molecule has 0 unspecified atom stereocenters. The van der Waals surface area contributed by atoms with Crippen LogP contribution in [0.25, 0.3) is 6.08 Å². The maximum atomic E-state index is 12.1. The van der Waals surface area contributed by atoms with Gasteiger partial charge in [0.15, 0.2) is 6.61 Å². The fourth-order valence-corrected chi connectivity index (χ4v) is 3.41. The molecule has 0 atom stereocenters. The molecule has 0 spiro atoms. The van der Waals surface area contributed by atoms with Crippen LogP contribution in [0, 0.1) is 13.8 Å². The van der Waals surface area contributed by atoms with Crippen LogP contribution in [0.2, 0.25) is 10.0 Å². The molecule has 3 aromatic rings. The molecule has 33 heavy (non-hydrogen) atoms. The van der Waals surface area contributed by atoms with Gasteiger partial charge in [-0.05, 0) is 66.9 Å². The van der Waals surface area contributed by atoms with Gasteiger partial charge in [0.05, 0.1) is 0 Å². The highest BCUT2D eigenvalue weighted by atomic mass is 35.5. The molecule has 1 amide bonds. The summed E-state index contributed by atoms with van der Waals surface area (Å²) in [5, 5.41) is 3.84. The van der Waals surface area contributed by atoms with Crippen LogP contribution in [-0.2, 0) is 20.9 Å². The van der Waals surface area contributed by atoms with Gasteiger partial charge in [0.2, 0.25) is 0 Å². The van der Waals surface area contributed by atoms with Crippen molar-refractivity contribution in [1.82, 2.24) is 0 Å². The lowest BCUT2D eigenvalue weighted by atomic mass is 10.1. The van der Waals surface area contributed by atoms with E-state index in [1.165, 1.54) is 6.08 Å². The van der Waals surface area contributed by atoms with Gasteiger partial charge in [0.25, 0.3) is 5.91 Å². The summed E-state index contributed by atoms with van der Waals surface area (Å²) in [6, 6.07) is 18.2. The molecule has 0 bridgehead atoms. The first-order valence-corrected chi connectivity index (χ1v) is 10.9. The van der Waals surface area contributed by atoms with Gasteiger partial charge in [0, 0.05) is 27.4 Å². The van der Waals surface area contributed by atoms with E-state index in [9.17, 15) is 9.59 Å². The zero-order valence-corrected chi connectivity index (χ0v) is 19.7. The Labute approximate surface area is 202 Å². The predicted molar refractivity (Wildman–Crippen MR) is 132 cm³/mol. The molecule has 0 saturated carbocycles. The van der Waals surface area contributed by atoms with Crippen molar-refractivity contribution in [2.24, 2.45) is 0 Å². The highest BCUT2D eigenvalue weighted by Gasteiger charge is 2.08. The number of amides is 1. The van der Waals surface area contributed by atoms with E-state index in [1.54, 1.807) is 48.5 Å². The Hall–Kier alpha value is -3.28. The lowest BCUT2D eigenvalue weighted by molar-refractivity contribution is -0.142. The van der Waals surface area contributed by atoms with E-state index in [0.29, 0.717) is 27.0 Å². The number of benzene rings is 3. The zero-order chi connectivity index (χ0) is 23.8. The maximum Gasteiger partial charge on any atom is 0.331 e. The van der Waals surface area contributed by atoms with Crippen LogP contribution in [0.15, 0.2) is 66.7 Å². The number of esters is 1. The number of halogens is 2. The molecule has 0 fully saturated rings. The van der Waals surface area contributed by atoms with Gasteiger partial charge >= 0.3 is 5.97 Å². The molecule has 3 aromatic carbocycles. The largest absolute Gasteiger partial charge is 0.489 e. The van der Waals surface area contributed by atoms with Gasteiger partial charge in [-0.2, -0.15) is 0 Å². The molecular formula is C26H23Cl2NO4. The highest BCUT2D eigenvalue weighted by molar-refractivity contribution is 6.35. The summed E-state index contributed by atoms with van der Waals surface area (Å²) in [5.41, 5.74) is 4.15. The van der Waals surface area contributed by atoms with Crippen molar-refractivity contribution in [3.8, 4) is 5.75 Å². The third-order valence-electron chi connectivity index (χ3n) is 4.75. The lowest BCUT2D eigenvalue weighted by Gasteiger charge is -2.09. The lowest BCUT2D eigenvalue weighted by Crippen LogP contribution is -2.20.